The number of fused-ring (bicyclic) bond motifs is 5. The van der Waals surface area contributed by atoms with Gasteiger partial charge in [-0.05, 0) is 60.6 Å². The second-order valence-electron chi connectivity index (χ2n) is 6.74. The molecular formula is C17H19NO3. The number of benzene rings is 1. The lowest BCUT2D eigenvalue weighted by molar-refractivity contribution is -0.123. The average Bonchev–Trinajstić information content (AvgIpc) is 2.93. The third kappa shape index (κ3) is 2.04. The van der Waals surface area contributed by atoms with Crippen molar-refractivity contribution < 1.29 is 14.7 Å². The minimum atomic E-state index is -0.934. The second kappa shape index (κ2) is 4.58. The summed E-state index contributed by atoms with van der Waals surface area (Å²) >= 11 is 0. The van der Waals surface area contributed by atoms with Crippen LogP contribution in [0.5, 0.6) is 0 Å². The molecule has 3 saturated carbocycles. The van der Waals surface area contributed by atoms with Gasteiger partial charge in [-0.2, -0.15) is 0 Å². The number of aromatic carboxylic acids is 1. The molecule has 0 spiro atoms. The van der Waals surface area contributed by atoms with E-state index in [-0.39, 0.29) is 17.4 Å². The first-order chi connectivity index (χ1) is 10.1. The molecule has 3 aliphatic carbocycles. The van der Waals surface area contributed by atoms with Crippen LogP contribution in [0, 0.1) is 29.6 Å². The molecule has 2 bridgehead atoms. The zero-order valence-corrected chi connectivity index (χ0v) is 11.8. The third-order valence-electron chi connectivity index (χ3n) is 5.68. The van der Waals surface area contributed by atoms with Gasteiger partial charge in [-0.15, -0.1) is 0 Å². The molecule has 0 aliphatic heterocycles. The molecule has 0 radical (unpaired) electrons. The predicted octanol–water partition coefficient (Wildman–Crippen LogP) is 2.29. The highest BCUT2D eigenvalue weighted by atomic mass is 16.4. The summed E-state index contributed by atoms with van der Waals surface area (Å²) in [5, 5.41) is 12.0. The highest BCUT2D eigenvalue weighted by Gasteiger charge is 2.67. The quantitative estimate of drug-likeness (QED) is 0.892. The molecule has 110 valence electrons. The van der Waals surface area contributed by atoms with E-state index in [1.807, 2.05) is 6.07 Å². The zero-order chi connectivity index (χ0) is 14.6. The number of carbonyl (C=O) groups excluding carboxylic acids is 1. The van der Waals surface area contributed by atoms with Crippen LogP contribution in [0.2, 0.25) is 0 Å². The Hall–Kier alpha value is -1.84. The van der Waals surface area contributed by atoms with Crippen LogP contribution in [0.4, 0.5) is 0 Å². The summed E-state index contributed by atoms with van der Waals surface area (Å²) in [5.74, 6) is 2.36. The lowest BCUT2D eigenvalue weighted by atomic mass is 10.0. The summed E-state index contributed by atoms with van der Waals surface area (Å²) in [6, 6.07) is 6.76. The van der Waals surface area contributed by atoms with Gasteiger partial charge in [0.15, 0.2) is 0 Å². The molecule has 4 rings (SSSR count). The van der Waals surface area contributed by atoms with Crippen molar-refractivity contribution in [1.82, 2.24) is 5.32 Å². The number of carboxylic acid groups (broad SMARTS) is 1. The minimum absolute atomic E-state index is 0.169. The van der Waals surface area contributed by atoms with Crippen molar-refractivity contribution in [2.45, 2.75) is 25.8 Å². The van der Waals surface area contributed by atoms with E-state index in [1.54, 1.807) is 18.2 Å². The maximum absolute atomic E-state index is 12.3. The van der Waals surface area contributed by atoms with Gasteiger partial charge in [0.2, 0.25) is 5.91 Å². The van der Waals surface area contributed by atoms with Crippen molar-refractivity contribution >= 4 is 11.9 Å². The molecule has 2 N–H and O–H groups in total. The Labute approximate surface area is 123 Å². The molecular weight excluding hydrogens is 266 g/mol. The highest BCUT2D eigenvalue weighted by Crippen LogP contribution is 2.69. The first kappa shape index (κ1) is 12.9. The molecule has 1 aromatic rings. The lowest BCUT2D eigenvalue weighted by Crippen LogP contribution is -2.27. The number of carbonyl (C=O) groups is 2. The predicted molar refractivity (Wildman–Crippen MR) is 76.5 cm³/mol. The molecule has 4 heteroatoms. The number of carboxylic acids is 1. The van der Waals surface area contributed by atoms with Gasteiger partial charge in [0.1, 0.15) is 0 Å². The van der Waals surface area contributed by atoms with E-state index in [0.29, 0.717) is 18.4 Å². The number of nitrogens with one attached hydrogen (secondary N) is 1. The van der Waals surface area contributed by atoms with Gasteiger partial charge in [-0.25, -0.2) is 4.79 Å². The van der Waals surface area contributed by atoms with Crippen molar-refractivity contribution in [1.29, 1.82) is 0 Å². The van der Waals surface area contributed by atoms with Gasteiger partial charge >= 0.3 is 5.97 Å². The molecule has 1 aromatic carbocycles. The van der Waals surface area contributed by atoms with Gasteiger partial charge in [-0.1, -0.05) is 12.1 Å². The number of hydrogen-bond acceptors (Lipinski definition) is 2. The second-order valence-corrected chi connectivity index (χ2v) is 6.74. The molecule has 0 aromatic heterocycles. The largest absolute Gasteiger partial charge is 0.478 e. The Morgan fingerprint density at radius 3 is 2.57 bits per heavy atom. The number of rotatable bonds is 4. The van der Waals surface area contributed by atoms with E-state index in [4.69, 9.17) is 5.11 Å². The van der Waals surface area contributed by atoms with Crippen LogP contribution in [0.3, 0.4) is 0 Å². The Morgan fingerprint density at radius 2 is 1.90 bits per heavy atom. The van der Waals surface area contributed by atoms with Crippen LogP contribution >= 0.6 is 0 Å². The summed E-state index contributed by atoms with van der Waals surface area (Å²) in [5.41, 5.74) is 1.11. The fraction of sp³-hybridized carbons (Fsp3) is 0.529. The molecule has 5 atom stereocenters. The van der Waals surface area contributed by atoms with E-state index >= 15 is 0 Å². The van der Waals surface area contributed by atoms with E-state index in [9.17, 15) is 9.59 Å². The Balaban J connectivity index is 1.36. The molecule has 0 heterocycles. The van der Waals surface area contributed by atoms with Crippen LogP contribution < -0.4 is 5.32 Å². The fourth-order valence-corrected chi connectivity index (χ4v) is 4.80. The number of hydrogen-bond donors (Lipinski definition) is 2. The van der Waals surface area contributed by atoms with E-state index in [2.05, 4.69) is 5.32 Å². The first-order valence-electron chi connectivity index (χ1n) is 7.75. The Bertz CT molecular complexity index is 596. The maximum Gasteiger partial charge on any atom is 0.335 e. The minimum Gasteiger partial charge on any atom is -0.478 e. The lowest BCUT2D eigenvalue weighted by Gasteiger charge is -2.10. The summed E-state index contributed by atoms with van der Waals surface area (Å²) < 4.78 is 0. The van der Waals surface area contributed by atoms with Gasteiger partial charge in [0.25, 0.3) is 0 Å². The SMILES string of the molecule is O=C(O)c1cccc(CNC(=O)C2[C@@H]3[C@H]4CC[C@@H](C4)[C@H]23)c1. The summed E-state index contributed by atoms with van der Waals surface area (Å²) in [6.07, 6.45) is 3.98. The van der Waals surface area contributed by atoms with Crippen molar-refractivity contribution in [3.8, 4) is 0 Å². The standard InChI is InChI=1S/C17H19NO3/c19-16(15-13-10-4-5-11(7-10)14(13)15)18-8-9-2-1-3-12(6-9)17(20)21/h1-3,6,10-11,13-15H,4-5,7-8H2,(H,18,19)(H,20,21)/t10-,11-,13-,14+,15?/m0/s1. The van der Waals surface area contributed by atoms with Gasteiger partial charge in [0, 0.05) is 12.5 Å². The monoisotopic (exact) mass is 285 g/mol. The first-order valence-corrected chi connectivity index (χ1v) is 7.75. The topological polar surface area (TPSA) is 66.4 Å². The highest BCUT2D eigenvalue weighted by molar-refractivity contribution is 5.87. The number of amides is 1. The molecule has 1 unspecified atom stereocenters. The molecule has 0 saturated heterocycles. The summed E-state index contributed by atoms with van der Waals surface area (Å²) in [7, 11) is 0. The maximum atomic E-state index is 12.3. The molecule has 4 nitrogen and oxygen atoms in total. The van der Waals surface area contributed by atoms with Crippen molar-refractivity contribution in [3.05, 3.63) is 35.4 Å². The van der Waals surface area contributed by atoms with E-state index in [1.165, 1.54) is 19.3 Å². The van der Waals surface area contributed by atoms with E-state index < -0.39 is 5.97 Å². The normalized spacial score (nSPS) is 35.3. The van der Waals surface area contributed by atoms with E-state index in [0.717, 1.165) is 17.4 Å². The van der Waals surface area contributed by atoms with Crippen LogP contribution in [0.25, 0.3) is 0 Å². The van der Waals surface area contributed by atoms with Gasteiger partial charge in [-0.3, -0.25) is 4.79 Å². The fourth-order valence-electron chi connectivity index (χ4n) is 4.80. The Morgan fingerprint density at radius 1 is 1.19 bits per heavy atom. The molecule has 3 aliphatic rings. The van der Waals surface area contributed by atoms with Crippen LogP contribution in [-0.4, -0.2) is 17.0 Å². The summed E-state index contributed by atoms with van der Waals surface area (Å²) in [6.45, 7) is 0.422. The Kier molecular flexibility index (Phi) is 2.81. The zero-order valence-electron chi connectivity index (χ0n) is 11.8. The van der Waals surface area contributed by atoms with Crippen LogP contribution in [0.1, 0.15) is 35.2 Å². The molecule has 21 heavy (non-hydrogen) atoms. The smallest absolute Gasteiger partial charge is 0.335 e. The van der Waals surface area contributed by atoms with Crippen molar-refractivity contribution in [2.75, 3.05) is 0 Å². The molecule has 3 fully saturated rings. The third-order valence-corrected chi connectivity index (χ3v) is 5.68. The summed E-state index contributed by atoms with van der Waals surface area (Å²) in [4.78, 5) is 23.2. The van der Waals surface area contributed by atoms with Crippen molar-refractivity contribution in [3.63, 3.8) is 0 Å². The van der Waals surface area contributed by atoms with Crippen LogP contribution in [-0.2, 0) is 11.3 Å². The average molecular weight is 285 g/mol. The van der Waals surface area contributed by atoms with Crippen LogP contribution in [0.15, 0.2) is 24.3 Å². The van der Waals surface area contributed by atoms with Gasteiger partial charge in [0.05, 0.1) is 5.56 Å². The molecule has 1 amide bonds. The van der Waals surface area contributed by atoms with Crippen molar-refractivity contribution in [2.24, 2.45) is 29.6 Å². The van der Waals surface area contributed by atoms with Gasteiger partial charge < -0.3 is 10.4 Å².